The monoisotopic (exact) mass is 269 g/mol. The van der Waals surface area contributed by atoms with Gasteiger partial charge in [0.2, 0.25) is 0 Å². The van der Waals surface area contributed by atoms with Crippen LogP contribution in [0, 0.1) is 0 Å². The van der Waals surface area contributed by atoms with Crippen molar-refractivity contribution in [3.05, 3.63) is 28.5 Å². The minimum absolute atomic E-state index is 0.0177. The quantitative estimate of drug-likeness (QED) is 0.767. The molecule has 100 valence electrons. The van der Waals surface area contributed by atoms with E-state index >= 15 is 0 Å². The first kappa shape index (κ1) is 14.9. The number of aromatic nitrogens is 1. The van der Waals surface area contributed by atoms with Crippen molar-refractivity contribution in [1.29, 1.82) is 0 Å². The van der Waals surface area contributed by atoms with Gasteiger partial charge in [0, 0.05) is 31.4 Å². The second-order valence-electron chi connectivity index (χ2n) is 4.55. The van der Waals surface area contributed by atoms with E-state index in [1.54, 1.807) is 24.1 Å². The van der Waals surface area contributed by atoms with Crippen LogP contribution in [0.4, 0.5) is 0 Å². The van der Waals surface area contributed by atoms with E-state index in [1.807, 2.05) is 25.9 Å². The lowest BCUT2D eigenvalue weighted by molar-refractivity contribution is 0.0786. The van der Waals surface area contributed by atoms with Crippen LogP contribution >= 0.6 is 11.6 Å². The molecule has 0 fully saturated rings. The van der Waals surface area contributed by atoms with Crippen molar-refractivity contribution < 1.29 is 4.79 Å². The number of amides is 1. The van der Waals surface area contributed by atoms with E-state index in [9.17, 15) is 4.79 Å². The van der Waals surface area contributed by atoms with E-state index in [0.717, 1.165) is 18.7 Å². The lowest BCUT2D eigenvalue weighted by Gasteiger charge is -2.20. The first-order chi connectivity index (χ1) is 8.43. The molecule has 1 heterocycles. The number of likely N-dealkylation sites (N-methyl/N-ethyl adjacent to an activating group) is 2. The van der Waals surface area contributed by atoms with E-state index in [1.165, 1.54) is 0 Å². The maximum atomic E-state index is 12.2. The van der Waals surface area contributed by atoms with Gasteiger partial charge in [0.05, 0.1) is 0 Å². The van der Waals surface area contributed by atoms with Crippen molar-refractivity contribution in [3.63, 3.8) is 0 Å². The highest BCUT2D eigenvalue weighted by molar-refractivity contribution is 6.29. The molecule has 5 heteroatoms. The molecular weight excluding hydrogens is 250 g/mol. The van der Waals surface area contributed by atoms with Crippen LogP contribution in [0.3, 0.4) is 0 Å². The van der Waals surface area contributed by atoms with Crippen molar-refractivity contribution in [2.75, 3.05) is 34.2 Å². The van der Waals surface area contributed by atoms with Gasteiger partial charge in [0.25, 0.3) is 5.91 Å². The SMILES string of the molecule is CCc1cc(C(=O)N(C)CCN(C)C)cc(Cl)n1. The molecule has 1 aromatic heterocycles. The topological polar surface area (TPSA) is 36.4 Å². The normalized spacial score (nSPS) is 10.8. The fourth-order valence-electron chi connectivity index (χ4n) is 1.53. The molecule has 0 saturated heterocycles. The predicted octanol–water partition coefficient (Wildman–Crippen LogP) is 1.93. The minimum atomic E-state index is -0.0177. The highest BCUT2D eigenvalue weighted by Crippen LogP contribution is 2.13. The number of halogens is 1. The van der Waals surface area contributed by atoms with Crippen LogP contribution in [0.2, 0.25) is 5.15 Å². The second kappa shape index (κ2) is 6.71. The first-order valence-electron chi connectivity index (χ1n) is 6.00. The van der Waals surface area contributed by atoms with Crippen LogP contribution in [-0.4, -0.2) is 54.9 Å². The Bertz CT molecular complexity index is 421. The third kappa shape index (κ3) is 4.27. The number of rotatable bonds is 5. The summed E-state index contributed by atoms with van der Waals surface area (Å²) in [6, 6.07) is 3.43. The fraction of sp³-hybridized carbons (Fsp3) is 0.538. The van der Waals surface area contributed by atoms with E-state index < -0.39 is 0 Å². The summed E-state index contributed by atoms with van der Waals surface area (Å²) in [6.45, 7) is 3.51. The molecule has 0 aromatic carbocycles. The molecule has 0 unspecified atom stereocenters. The van der Waals surface area contributed by atoms with Crippen molar-refractivity contribution >= 4 is 17.5 Å². The van der Waals surface area contributed by atoms with Crippen LogP contribution in [0.1, 0.15) is 23.0 Å². The van der Waals surface area contributed by atoms with Crippen LogP contribution < -0.4 is 0 Å². The van der Waals surface area contributed by atoms with Crippen molar-refractivity contribution in [1.82, 2.24) is 14.8 Å². The van der Waals surface area contributed by atoms with Crippen LogP contribution in [-0.2, 0) is 6.42 Å². The number of hydrogen-bond donors (Lipinski definition) is 0. The van der Waals surface area contributed by atoms with Gasteiger partial charge in [-0.05, 0) is 32.6 Å². The Labute approximate surface area is 114 Å². The molecular formula is C13H20ClN3O. The van der Waals surface area contributed by atoms with Gasteiger partial charge in [0.1, 0.15) is 5.15 Å². The summed E-state index contributed by atoms with van der Waals surface area (Å²) < 4.78 is 0. The summed E-state index contributed by atoms with van der Waals surface area (Å²) >= 11 is 5.91. The molecule has 1 rings (SSSR count). The zero-order valence-electron chi connectivity index (χ0n) is 11.4. The number of carbonyl (C=O) groups is 1. The van der Waals surface area contributed by atoms with Crippen molar-refractivity contribution in [3.8, 4) is 0 Å². The third-order valence-electron chi connectivity index (χ3n) is 2.69. The summed E-state index contributed by atoms with van der Waals surface area (Å²) in [5, 5.41) is 0.374. The maximum Gasteiger partial charge on any atom is 0.253 e. The largest absolute Gasteiger partial charge is 0.340 e. The molecule has 1 aromatic rings. The Kier molecular flexibility index (Phi) is 5.56. The van der Waals surface area contributed by atoms with E-state index in [4.69, 9.17) is 11.6 Å². The Morgan fingerprint density at radius 1 is 1.28 bits per heavy atom. The van der Waals surface area contributed by atoms with Crippen LogP contribution in [0.25, 0.3) is 0 Å². The Balaban J connectivity index is 2.79. The van der Waals surface area contributed by atoms with E-state index in [0.29, 0.717) is 17.3 Å². The molecule has 0 aliphatic rings. The molecule has 0 N–H and O–H groups in total. The lowest BCUT2D eigenvalue weighted by Crippen LogP contribution is -2.33. The summed E-state index contributed by atoms with van der Waals surface area (Å²) in [7, 11) is 5.76. The highest BCUT2D eigenvalue weighted by atomic mass is 35.5. The number of aryl methyl sites for hydroxylation is 1. The highest BCUT2D eigenvalue weighted by Gasteiger charge is 2.13. The standard InChI is InChI=1S/C13H20ClN3O/c1-5-11-8-10(9-12(14)15-11)13(18)17(4)7-6-16(2)3/h8-9H,5-7H2,1-4H3. The number of nitrogens with zero attached hydrogens (tertiary/aromatic N) is 3. The molecule has 18 heavy (non-hydrogen) atoms. The van der Waals surface area contributed by atoms with E-state index in [2.05, 4.69) is 4.98 Å². The third-order valence-corrected chi connectivity index (χ3v) is 2.88. The molecule has 0 spiro atoms. The van der Waals surface area contributed by atoms with Crippen molar-refractivity contribution in [2.45, 2.75) is 13.3 Å². The molecule has 1 amide bonds. The molecule has 0 saturated carbocycles. The molecule has 4 nitrogen and oxygen atoms in total. The number of carbonyl (C=O) groups excluding carboxylic acids is 1. The molecule has 0 aliphatic carbocycles. The van der Waals surface area contributed by atoms with Gasteiger partial charge in [0.15, 0.2) is 0 Å². The summed E-state index contributed by atoms with van der Waals surface area (Å²) in [6.07, 6.45) is 0.766. The van der Waals surface area contributed by atoms with Gasteiger partial charge in [-0.15, -0.1) is 0 Å². The van der Waals surface area contributed by atoms with Gasteiger partial charge in [-0.2, -0.15) is 0 Å². The van der Waals surface area contributed by atoms with Gasteiger partial charge in [-0.25, -0.2) is 4.98 Å². The van der Waals surface area contributed by atoms with E-state index in [-0.39, 0.29) is 5.91 Å². The smallest absolute Gasteiger partial charge is 0.253 e. The summed E-state index contributed by atoms with van der Waals surface area (Å²) in [4.78, 5) is 20.1. The average molecular weight is 270 g/mol. The van der Waals surface area contributed by atoms with Gasteiger partial charge in [-0.3, -0.25) is 4.79 Å². The number of pyridine rings is 1. The number of hydrogen-bond acceptors (Lipinski definition) is 3. The van der Waals surface area contributed by atoms with Crippen LogP contribution in [0.15, 0.2) is 12.1 Å². The second-order valence-corrected chi connectivity index (χ2v) is 4.94. The lowest BCUT2D eigenvalue weighted by atomic mass is 10.2. The Morgan fingerprint density at radius 2 is 1.94 bits per heavy atom. The summed E-state index contributed by atoms with van der Waals surface area (Å²) in [5.41, 5.74) is 1.44. The molecule has 0 aliphatic heterocycles. The zero-order valence-corrected chi connectivity index (χ0v) is 12.2. The van der Waals surface area contributed by atoms with Gasteiger partial charge < -0.3 is 9.80 Å². The fourth-order valence-corrected chi connectivity index (χ4v) is 1.75. The maximum absolute atomic E-state index is 12.2. The van der Waals surface area contributed by atoms with Gasteiger partial charge in [-0.1, -0.05) is 18.5 Å². The predicted molar refractivity (Wildman–Crippen MR) is 74.1 cm³/mol. The summed E-state index contributed by atoms with van der Waals surface area (Å²) in [5.74, 6) is -0.0177. The Morgan fingerprint density at radius 3 is 2.50 bits per heavy atom. The Hall–Kier alpha value is -1.13. The molecule has 0 radical (unpaired) electrons. The van der Waals surface area contributed by atoms with Gasteiger partial charge >= 0.3 is 0 Å². The molecule has 0 bridgehead atoms. The minimum Gasteiger partial charge on any atom is -0.340 e. The van der Waals surface area contributed by atoms with Crippen LogP contribution in [0.5, 0.6) is 0 Å². The van der Waals surface area contributed by atoms with Crippen molar-refractivity contribution in [2.24, 2.45) is 0 Å². The first-order valence-corrected chi connectivity index (χ1v) is 6.38. The zero-order chi connectivity index (χ0) is 13.7. The molecule has 0 atom stereocenters. The average Bonchev–Trinajstić information content (AvgIpc) is 2.34.